The molecule has 0 aromatic heterocycles. The second-order valence-corrected chi connectivity index (χ2v) is 9.14. The molecule has 12 nitrogen and oxygen atoms in total. The van der Waals surface area contributed by atoms with Gasteiger partial charge in [0.1, 0.15) is 5.75 Å². The maximum Gasteiger partial charge on any atom is 0.416 e. The van der Waals surface area contributed by atoms with E-state index in [1.807, 2.05) is 0 Å². The van der Waals surface area contributed by atoms with Crippen LogP contribution in [0.1, 0.15) is 24.0 Å². The van der Waals surface area contributed by atoms with Gasteiger partial charge in [0, 0.05) is 26.2 Å². The van der Waals surface area contributed by atoms with E-state index in [4.69, 9.17) is 14.9 Å². The lowest BCUT2D eigenvalue weighted by Gasteiger charge is -2.27. The Labute approximate surface area is 235 Å². The number of alkyl halides is 6. The second-order valence-electron chi connectivity index (χ2n) is 9.14. The molecular weight excluding hydrogens is 588 g/mol. The van der Waals surface area contributed by atoms with E-state index < -0.39 is 79.3 Å². The van der Waals surface area contributed by atoms with Gasteiger partial charge in [-0.25, -0.2) is 0 Å². The first-order valence-corrected chi connectivity index (χ1v) is 12.3. The van der Waals surface area contributed by atoms with Gasteiger partial charge < -0.3 is 25.2 Å². The van der Waals surface area contributed by atoms with Crippen molar-refractivity contribution in [3.8, 4) is 5.75 Å². The summed E-state index contributed by atoms with van der Waals surface area (Å²) >= 11 is 0. The van der Waals surface area contributed by atoms with Crippen molar-refractivity contribution in [1.29, 1.82) is 0 Å². The van der Waals surface area contributed by atoms with Gasteiger partial charge in [0.15, 0.2) is 0 Å². The minimum Gasteiger partial charge on any atom is -0.494 e. The maximum atomic E-state index is 13.0. The number of benzene rings is 1. The molecule has 0 fully saturated rings. The zero-order chi connectivity index (χ0) is 32.1. The average molecular weight is 620 g/mol. The van der Waals surface area contributed by atoms with Crippen LogP contribution in [-0.2, 0) is 31.5 Å². The van der Waals surface area contributed by atoms with Crippen LogP contribution in [0.5, 0.6) is 5.75 Å². The number of aliphatic carboxylic acids is 4. The monoisotopic (exact) mass is 619 g/mol. The van der Waals surface area contributed by atoms with E-state index in [-0.39, 0.29) is 58.2 Å². The molecule has 0 aliphatic carbocycles. The van der Waals surface area contributed by atoms with E-state index in [9.17, 15) is 55.7 Å². The number of unbranched alkanes of at least 4 members (excludes halogenated alkanes) is 1. The summed E-state index contributed by atoms with van der Waals surface area (Å²) in [6.45, 7) is -2.43. The van der Waals surface area contributed by atoms with Crippen LogP contribution in [-0.4, -0.2) is 125 Å². The number of rotatable bonds is 20. The molecule has 238 valence electrons. The van der Waals surface area contributed by atoms with Gasteiger partial charge in [0.05, 0.1) is 43.9 Å². The van der Waals surface area contributed by atoms with Crippen LogP contribution in [0, 0.1) is 0 Å². The van der Waals surface area contributed by atoms with E-state index in [1.54, 1.807) is 0 Å². The van der Waals surface area contributed by atoms with Crippen molar-refractivity contribution in [2.75, 3.05) is 65.5 Å². The summed E-state index contributed by atoms with van der Waals surface area (Å²) in [6, 6.07) is 0.855. The number of carboxylic acids is 4. The van der Waals surface area contributed by atoms with Gasteiger partial charge in [-0.3, -0.25) is 33.9 Å². The molecule has 0 heterocycles. The Morgan fingerprint density at radius 2 is 0.929 bits per heavy atom. The van der Waals surface area contributed by atoms with Crippen LogP contribution >= 0.6 is 0 Å². The number of carboxylic acid groups (broad SMARTS) is 4. The standard InChI is InChI=1S/C24H31F6N3O9/c25-23(26,27)16-9-17(24(28,29)30)11-18(10-16)42-8-2-1-3-31(12-19(34)35)4-5-32(13-20(36)37)6-7-33(14-21(38)39)15-22(40)41/h9-11H,1-8,12-15H2,(H,34,35)(H,36,37)(H,38,39)(H,40,41). The summed E-state index contributed by atoms with van der Waals surface area (Å²) in [5.74, 6) is -5.65. The molecule has 4 N–H and O–H groups in total. The largest absolute Gasteiger partial charge is 0.494 e. The van der Waals surface area contributed by atoms with Crippen LogP contribution < -0.4 is 4.74 Å². The van der Waals surface area contributed by atoms with Crippen molar-refractivity contribution in [3.63, 3.8) is 0 Å². The summed E-state index contributed by atoms with van der Waals surface area (Å²) in [7, 11) is 0. The minimum atomic E-state index is -5.03. The van der Waals surface area contributed by atoms with Crippen LogP contribution in [0.15, 0.2) is 18.2 Å². The first-order valence-electron chi connectivity index (χ1n) is 12.3. The van der Waals surface area contributed by atoms with Crippen LogP contribution in [0.2, 0.25) is 0 Å². The molecule has 18 heteroatoms. The summed E-state index contributed by atoms with van der Waals surface area (Å²) < 4.78 is 83.1. The summed E-state index contributed by atoms with van der Waals surface area (Å²) in [6.07, 6.45) is -9.71. The molecular formula is C24H31F6N3O9. The van der Waals surface area contributed by atoms with Crippen LogP contribution in [0.25, 0.3) is 0 Å². The van der Waals surface area contributed by atoms with Crippen LogP contribution in [0.4, 0.5) is 26.3 Å². The zero-order valence-electron chi connectivity index (χ0n) is 22.2. The summed E-state index contributed by atoms with van der Waals surface area (Å²) in [4.78, 5) is 48.3. The molecule has 0 amide bonds. The Bertz CT molecular complexity index is 1020. The molecule has 0 spiro atoms. The third kappa shape index (κ3) is 15.4. The number of halogens is 6. The highest BCUT2D eigenvalue weighted by Gasteiger charge is 2.37. The Kier molecular flexibility index (Phi) is 14.5. The lowest BCUT2D eigenvalue weighted by Crippen LogP contribution is -2.44. The first-order chi connectivity index (χ1) is 19.4. The molecule has 0 saturated carbocycles. The van der Waals surface area contributed by atoms with Crippen LogP contribution in [0.3, 0.4) is 0 Å². The van der Waals surface area contributed by atoms with Gasteiger partial charge >= 0.3 is 36.2 Å². The molecule has 0 unspecified atom stereocenters. The number of nitrogens with zero attached hydrogens (tertiary/aromatic N) is 3. The molecule has 0 atom stereocenters. The highest BCUT2D eigenvalue weighted by molar-refractivity contribution is 5.72. The fourth-order valence-corrected chi connectivity index (χ4v) is 3.72. The lowest BCUT2D eigenvalue weighted by atomic mass is 10.1. The van der Waals surface area contributed by atoms with Gasteiger partial charge in [0.2, 0.25) is 0 Å². The van der Waals surface area contributed by atoms with Crippen molar-refractivity contribution in [2.24, 2.45) is 0 Å². The van der Waals surface area contributed by atoms with Gasteiger partial charge in [-0.2, -0.15) is 26.3 Å². The Hall–Kier alpha value is -3.64. The third-order valence-electron chi connectivity index (χ3n) is 5.60. The SMILES string of the molecule is O=C(O)CN(CCCCOc1cc(C(F)(F)F)cc(C(F)(F)F)c1)CCN(CCN(CC(=O)O)CC(=O)O)CC(=O)O. The predicted molar refractivity (Wildman–Crippen MR) is 131 cm³/mol. The van der Waals surface area contributed by atoms with Crippen molar-refractivity contribution >= 4 is 23.9 Å². The van der Waals surface area contributed by atoms with E-state index >= 15 is 0 Å². The van der Waals surface area contributed by atoms with E-state index in [0.29, 0.717) is 12.1 Å². The quantitative estimate of drug-likeness (QED) is 0.124. The molecule has 0 radical (unpaired) electrons. The van der Waals surface area contributed by atoms with Gasteiger partial charge in [-0.05, 0) is 37.6 Å². The molecule has 0 aliphatic heterocycles. The normalized spacial score (nSPS) is 12.2. The molecule has 42 heavy (non-hydrogen) atoms. The Morgan fingerprint density at radius 3 is 1.31 bits per heavy atom. The summed E-state index contributed by atoms with van der Waals surface area (Å²) in [5.41, 5.74) is -3.06. The Morgan fingerprint density at radius 1 is 0.571 bits per heavy atom. The fraction of sp³-hybridized carbons (Fsp3) is 0.583. The number of hydrogen-bond donors (Lipinski definition) is 4. The second kappa shape index (κ2) is 16.7. The average Bonchev–Trinajstić information content (AvgIpc) is 2.82. The molecule has 0 aliphatic rings. The third-order valence-corrected chi connectivity index (χ3v) is 5.60. The molecule has 1 aromatic rings. The molecule has 1 rings (SSSR count). The number of carbonyl (C=O) groups is 4. The first kappa shape index (κ1) is 36.4. The molecule has 1 aromatic carbocycles. The van der Waals surface area contributed by atoms with Crippen molar-refractivity contribution in [1.82, 2.24) is 14.7 Å². The molecule has 0 saturated heterocycles. The Balaban J connectivity index is 2.74. The molecule has 0 bridgehead atoms. The van der Waals surface area contributed by atoms with E-state index in [1.165, 1.54) is 9.80 Å². The maximum absolute atomic E-state index is 13.0. The number of hydrogen-bond acceptors (Lipinski definition) is 8. The van der Waals surface area contributed by atoms with Gasteiger partial charge in [-0.15, -0.1) is 0 Å². The van der Waals surface area contributed by atoms with Crippen molar-refractivity contribution in [2.45, 2.75) is 25.2 Å². The topological polar surface area (TPSA) is 168 Å². The minimum absolute atomic E-state index is 0.00845. The van der Waals surface area contributed by atoms with E-state index in [2.05, 4.69) is 0 Å². The van der Waals surface area contributed by atoms with Gasteiger partial charge in [-0.1, -0.05) is 0 Å². The smallest absolute Gasteiger partial charge is 0.416 e. The van der Waals surface area contributed by atoms with E-state index in [0.717, 1.165) is 4.90 Å². The highest BCUT2D eigenvalue weighted by Crippen LogP contribution is 2.38. The predicted octanol–water partition coefficient (Wildman–Crippen LogP) is 2.13. The fourth-order valence-electron chi connectivity index (χ4n) is 3.72. The number of ether oxygens (including phenoxy) is 1. The van der Waals surface area contributed by atoms with Gasteiger partial charge in [0.25, 0.3) is 0 Å². The highest BCUT2D eigenvalue weighted by atomic mass is 19.4. The van der Waals surface area contributed by atoms with Crippen molar-refractivity contribution < 1.29 is 70.7 Å². The van der Waals surface area contributed by atoms with Crippen molar-refractivity contribution in [3.05, 3.63) is 29.3 Å². The lowest BCUT2D eigenvalue weighted by molar-refractivity contribution is -0.144. The zero-order valence-corrected chi connectivity index (χ0v) is 22.2. The summed E-state index contributed by atoms with van der Waals surface area (Å²) in [5, 5.41) is 36.3.